The fourth-order valence-electron chi connectivity index (χ4n) is 1.93. The quantitative estimate of drug-likeness (QED) is 0.828. The molecular weight excluding hydrogens is 272 g/mol. The van der Waals surface area contributed by atoms with Gasteiger partial charge in [0.15, 0.2) is 15.7 Å². The van der Waals surface area contributed by atoms with Crippen LogP contribution >= 0.6 is 11.8 Å². The van der Waals surface area contributed by atoms with Crippen molar-refractivity contribution in [1.29, 1.82) is 0 Å². The largest absolute Gasteiger partial charge is 0.336 e. The van der Waals surface area contributed by atoms with Gasteiger partial charge >= 0.3 is 0 Å². The number of hydrogen-bond acceptors (Lipinski definition) is 7. The lowest BCUT2D eigenvalue weighted by Gasteiger charge is -2.35. The topological polar surface area (TPSA) is 89.2 Å². The van der Waals surface area contributed by atoms with Gasteiger partial charge in [0, 0.05) is 36.4 Å². The Morgan fingerprint density at radius 1 is 1.61 bits per heavy atom. The van der Waals surface area contributed by atoms with E-state index in [9.17, 15) is 8.42 Å². The summed E-state index contributed by atoms with van der Waals surface area (Å²) in [5, 5.41) is 7.35. The van der Waals surface area contributed by atoms with Crippen LogP contribution in [0.5, 0.6) is 0 Å². The van der Waals surface area contributed by atoms with Crippen LogP contribution in [0.3, 0.4) is 0 Å². The van der Waals surface area contributed by atoms with E-state index in [1.807, 2.05) is 0 Å². The Morgan fingerprint density at radius 3 is 3.06 bits per heavy atom. The van der Waals surface area contributed by atoms with Crippen molar-refractivity contribution in [3.05, 3.63) is 17.8 Å². The second kappa shape index (κ2) is 5.41. The smallest absolute Gasteiger partial charge is 0.169 e. The summed E-state index contributed by atoms with van der Waals surface area (Å²) in [6.07, 6.45) is 2.83. The minimum atomic E-state index is -3.15. The van der Waals surface area contributed by atoms with Crippen LogP contribution in [0.2, 0.25) is 0 Å². The number of hydrogen-bond donors (Lipinski definition) is 1. The highest BCUT2D eigenvalue weighted by Gasteiger charge is 2.32. The molecule has 0 aliphatic carbocycles. The molecule has 0 bridgehead atoms. The van der Waals surface area contributed by atoms with E-state index in [1.54, 1.807) is 28.9 Å². The van der Waals surface area contributed by atoms with E-state index >= 15 is 0 Å². The van der Waals surface area contributed by atoms with Gasteiger partial charge in [0.25, 0.3) is 0 Å². The van der Waals surface area contributed by atoms with Gasteiger partial charge in [-0.15, -0.1) is 5.10 Å². The van der Waals surface area contributed by atoms with Crippen LogP contribution in [-0.2, 0) is 16.4 Å². The third-order valence-electron chi connectivity index (χ3n) is 2.85. The molecule has 1 atom stereocenters. The molecule has 1 aliphatic rings. The second-order valence-corrected chi connectivity index (χ2v) is 7.49. The first-order valence-electron chi connectivity index (χ1n) is 5.58. The normalized spacial score (nSPS) is 21.0. The summed E-state index contributed by atoms with van der Waals surface area (Å²) >= 11 is 1.64. The van der Waals surface area contributed by atoms with Crippen LogP contribution in [0.1, 0.15) is 5.56 Å². The maximum atomic E-state index is 11.8. The lowest BCUT2D eigenvalue weighted by molar-refractivity contribution is 0.583. The predicted octanol–water partition coefficient (Wildman–Crippen LogP) is -0.141. The molecular formula is C10H16N4O2S2. The van der Waals surface area contributed by atoms with Gasteiger partial charge in [0.1, 0.15) is 5.37 Å². The van der Waals surface area contributed by atoms with Crippen LogP contribution in [0.4, 0.5) is 5.82 Å². The summed E-state index contributed by atoms with van der Waals surface area (Å²) in [5.74, 6) is 2.03. The summed E-state index contributed by atoms with van der Waals surface area (Å²) in [7, 11) is -3.15. The molecule has 0 amide bonds. The molecule has 2 heterocycles. The molecule has 0 saturated carbocycles. The van der Waals surface area contributed by atoms with Crippen LogP contribution in [0.15, 0.2) is 12.3 Å². The van der Waals surface area contributed by atoms with Gasteiger partial charge in [-0.2, -0.15) is 16.9 Å². The Kier molecular flexibility index (Phi) is 4.08. The van der Waals surface area contributed by atoms with E-state index in [2.05, 4.69) is 10.2 Å². The van der Waals surface area contributed by atoms with Crippen molar-refractivity contribution in [2.45, 2.75) is 11.9 Å². The molecule has 1 saturated heterocycles. The number of nitrogens with two attached hydrogens (primary N) is 1. The molecule has 1 unspecified atom stereocenters. The second-order valence-electron chi connectivity index (χ2n) is 4.14. The van der Waals surface area contributed by atoms with Gasteiger partial charge in [0.05, 0.1) is 6.20 Å². The first kappa shape index (κ1) is 13.6. The third kappa shape index (κ3) is 2.76. The van der Waals surface area contributed by atoms with Crippen molar-refractivity contribution in [1.82, 2.24) is 10.2 Å². The molecule has 0 aromatic carbocycles. The minimum absolute atomic E-state index is 0.324. The molecule has 0 radical (unpaired) electrons. The van der Waals surface area contributed by atoms with E-state index < -0.39 is 15.2 Å². The Morgan fingerprint density at radius 2 is 2.39 bits per heavy atom. The van der Waals surface area contributed by atoms with Crippen LogP contribution < -0.4 is 10.6 Å². The van der Waals surface area contributed by atoms with E-state index in [0.717, 1.165) is 11.3 Å². The molecule has 1 aromatic heterocycles. The molecule has 6 nitrogen and oxygen atoms in total. The number of anilines is 1. The van der Waals surface area contributed by atoms with Gasteiger partial charge in [-0.1, -0.05) is 0 Å². The lowest BCUT2D eigenvalue weighted by Crippen LogP contribution is -2.48. The molecule has 2 rings (SSSR count). The first-order chi connectivity index (χ1) is 8.54. The fourth-order valence-corrected chi connectivity index (χ4v) is 4.75. The maximum absolute atomic E-state index is 11.8. The third-order valence-corrected chi connectivity index (χ3v) is 5.50. The van der Waals surface area contributed by atoms with E-state index in [4.69, 9.17) is 5.73 Å². The van der Waals surface area contributed by atoms with E-state index in [0.29, 0.717) is 24.7 Å². The zero-order valence-corrected chi connectivity index (χ0v) is 11.7. The first-order valence-corrected chi connectivity index (χ1v) is 8.69. The Balaban J connectivity index is 2.40. The molecule has 1 aromatic rings. The SMILES string of the molecule is CS(=O)(=O)C1CSCCN1c1nnccc1CN. The van der Waals surface area contributed by atoms with Gasteiger partial charge in [-0.3, -0.25) is 0 Å². The molecule has 1 aliphatic heterocycles. The average Bonchev–Trinajstić information content (AvgIpc) is 2.37. The molecule has 8 heteroatoms. The predicted molar refractivity (Wildman–Crippen MR) is 73.2 cm³/mol. The van der Waals surface area contributed by atoms with Crippen LogP contribution in [0.25, 0.3) is 0 Å². The number of thioether (sulfide) groups is 1. The van der Waals surface area contributed by atoms with Crippen molar-refractivity contribution < 1.29 is 8.42 Å². The highest BCUT2D eigenvalue weighted by Crippen LogP contribution is 2.27. The van der Waals surface area contributed by atoms with Crippen molar-refractivity contribution in [2.75, 3.05) is 29.2 Å². The zero-order chi connectivity index (χ0) is 13.2. The van der Waals surface area contributed by atoms with Crippen molar-refractivity contribution in [3.8, 4) is 0 Å². The average molecular weight is 288 g/mol. The molecule has 0 spiro atoms. The van der Waals surface area contributed by atoms with Crippen LogP contribution in [-0.4, -0.2) is 48.3 Å². The summed E-state index contributed by atoms with van der Waals surface area (Å²) in [6, 6.07) is 1.78. The van der Waals surface area contributed by atoms with E-state index in [-0.39, 0.29) is 0 Å². The van der Waals surface area contributed by atoms with Gasteiger partial charge in [-0.25, -0.2) is 8.42 Å². The highest BCUT2D eigenvalue weighted by atomic mass is 32.2. The van der Waals surface area contributed by atoms with Gasteiger partial charge in [0.2, 0.25) is 0 Å². The monoisotopic (exact) mass is 288 g/mol. The highest BCUT2D eigenvalue weighted by molar-refractivity contribution is 8.01. The Hall–Kier alpha value is -0.860. The number of rotatable bonds is 3. The van der Waals surface area contributed by atoms with Gasteiger partial charge in [-0.05, 0) is 6.07 Å². The molecule has 18 heavy (non-hydrogen) atoms. The molecule has 2 N–H and O–H groups in total. The Bertz CT molecular complexity index is 520. The van der Waals surface area contributed by atoms with Crippen molar-refractivity contribution in [2.24, 2.45) is 5.73 Å². The number of nitrogens with zero attached hydrogens (tertiary/aromatic N) is 3. The summed E-state index contributed by atoms with van der Waals surface area (Å²) in [6.45, 7) is 0.971. The summed E-state index contributed by atoms with van der Waals surface area (Å²) in [5.41, 5.74) is 6.49. The maximum Gasteiger partial charge on any atom is 0.169 e. The molecule has 100 valence electrons. The van der Waals surface area contributed by atoms with E-state index in [1.165, 1.54) is 6.26 Å². The van der Waals surface area contributed by atoms with Crippen molar-refractivity contribution in [3.63, 3.8) is 0 Å². The van der Waals surface area contributed by atoms with Gasteiger partial charge < -0.3 is 10.6 Å². The number of aromatic nitrogens is 2. The fraction of sp³-hybridized carbons (Fsp3) is 0.600. The minimum Gasteiger partial charge on any atom is -0.336 e. The molecule has 1 fully saturated rings. The Labute approximate surface area is 111 Å². The lowest BCUT2D eigenvalue weighted by atomic mass is 10.2. The summed E-state index contributed by atoms with van der Waals surface area (Å²) < 4.78 is 23.7. The number of sulfone groups is 1. The summed E-state index contributed by atoms with van der Waals surface area (Å²) in [4.78, 5) is 1.81. The van der Waals surface area contributed by atoms with Crippen molar-refractivity contribution >= 4 is 27.4 Å². The van der Waals surface area contributed by atoms with Crippen LogP contribution in [0, 0.1) is 0 Å². The standard InChI is InChI=1S/C10H16N4O2S2/c1-18(15,16)9-7-17-5-4-14(9)10-8(6-11)2-3-12-13-10/h2-3,9H,4-7,11H2,1H3. The zero-order valence-electron chi connectivity index (χ0n) is 10.1.